The molecule has 1 aromatic rings. The Morgan fingerprint density at radius 1 is 1.75 bits per heavy atom. The van der Waals surface area contributed by atoms with Crippen molar-refractivity contribution >= 4 is 5.91 Å². The lowest BCUT2D eigenvalue weighted by molar-refractivity contribution is -0.803. The van der Waals surface area contributed by atoms with Crippen LogP contribution in [0.3, 0.4) is 0 Å². The second-order valence-corrected chi connectivity index (χ2v) is 2.68. The van der Waals surface area contributed by atoms with Gasteiger partial charge < -0.3 is 10.9 Å². The molecule has 0 saturated carbocycles. The van der Waals surface area contributed by atoms with Gasteiger partial charge in [-0.3, -0.25) is 9.42 Å². The molecule has 0 radical (unpaired) electrons. The number of hydrogen-bond donors (Lipinski definition) is 1. The highest BCUT2D eigenvalue weighted by molar-refractivity contribution is 5.90. The Morgan fingerprint density at radius 2 is 2.33 bits per heavy atom. The van der Waals surface area contributed by atoms with E-state index >= 15 is 0 Å². The molecule has 1 aromatic heterocycles. The topological polar surface area (TPSA) is 96.1 Å². The molecule has 12 heavy (non-hydrogen) atoms. The smallest absolute Gasteiger partial charge is 0.297 e. The highest BCUT2D eigenvalue weighted by atomic mass is 16.8. The fraction of sp³-hybridized carbons (Fsp3) is 0.500. The van der Waals surface area contributed by atoms with Crippen molar-refractivity contribution < 1.29 is 14.3 Å². The van der Waals surface area contributed by atoms with Gasteiger partial charge in [0.1, 0.15) is 0 Å². The van der Waals surface area contributed by atoms with Crippen LogP contribution in [0.15, 0.2) is 4.63 Å². The van der Waals surface area contributed by atoms with E-state index in [2.05, 4.69) is 9.79 Å². The summed E-state index contributed by atoms with van der Waals surface area (Å²) in [6.07, 6.45) is 0. The SMILES string of the molecule is CC(C)c1no[n+]([O-])c1C(N)=O. The molecule has 0 aliphatic rings. The van der Waals surface area contributed by atoms with Crippen molar-refractivity contribution in [2.75, 3.05) is 0 Å². The Labute approximate surface area is 68.5 Å². The van der Waals surface area contributed by atoms with E-state index < -0.39 is 5.91 Å². The van der Waals surface area contributed by atoms with Gasteiger partial charge in [-0.2, -0.15) is 0 Å². The van der Waals surface area contributed by atoms with E-state index in [1.54, 1.807) is 13.8 Å². The highest BCUT2D eigenvalue weighted by Gasteiger charge is 2.26. The molecule has 2 N–H and O–H groups in total. The number of hydrogen-bond acceptors (Lipinski definition) is 4. The number of rotatable bonds is 2. The fourth-order valence-corrected chi connectivity index (χ4v) is 0.854. The molecule has 0 spiro atoms. The molecule has 1 amide bonds. The van der Waals surface area contributed by atoms with Crippen molar-refractivity contribution in [3.8, 4) is 0 Å². The molecule has 0 saturated heterocycles. The number of nitrogens with two attached hydrogens (primary N) is 1. The van der Waals surface area contributed by atoms with Crippen molar-refractivity contribution in [2.24, 2.45) is 5.73 Å². The van der Waals surface area contributed by atoms with Gasteiger partial charge in [0.05, 0.1) is 0 Å². The van der Waals surface area contributed by atoms with Crippen LogP contribution >= 0.6 is 0 Å². The molecule has 1 heterocycles. The second-order valence-electron chi connectivity index (χ2n) is 2.68. The zero-order valence-corrected chi connectivity index (χ0v) is 6.77. The molecule has 0 fully saturated rings. The first-order valence-electron chi connectivity index (χ1n) is 3.43. The van der Waals surface area contributed by atoms with Crippen LogP contribution < -0.4 is 10.6 Å². The Hall–Kier alpha value is -1.59. The van der Waals surface area contributed by atoms with Crippen LogP contribution in [0.25, 0.3) is 0 Å². The number of aromatic nitrogens is 2. The maximum Gasteiger partial charge on any atom is 0.297 e. The fourth-order valence-electron chi connectivity index (χ4n) is 0.854. The molecule has 6 nitrogen and oxygen atoms in total. The first-order chi connectivity index (χ1) is 5.54. The quantitative estimate of drug-likeness (QED) is 0.608. The van der Waals surface area contributed by atoms with Crippen LogP contribution in [0.1, 0.15) is 35.9 Å². The predicted octanol–water partition coefficient (Wildman–Crippen LogP) is -0.470. The maximum absolute atomic E-state index is 10.8. The molecule has 0 atom stereocenters. The highest BCUT2D eigenvalue weighted by Crippen LogP contribution is 2.12. The van der Waals surface area contributed by atoms with E-state index in [-0.39, 0.29) is 22.2 Å². The van der Waals surface area contributed by atoms with Gasteiger partial charge in [-0.15, -0.1) is 0 Å². The van der Waals surface area contributed by atoms with Crippen LogP contribution in [0.2, 0.25) is 0 Å². The maximum atomic E-state index is 10.8. The van der Waals surface area contributed by atoms with Gasteiger partial charge in [0, 0.05) is 11.1 Å². The third kappa shape index (κ3) is 1.23. The molecule has 66 valence electrons. The third-order valence-electron chi connectivity index (χ3n) is 1.42. The number of amides is 1. The molecule has 0 bridgehead atoms. The summed E-state index contributed by atoms with van der Waals surface area (Å²) in [6.45, 7) is 3.56. The van der Waals surface area contributed by atoms with E-state index in [9.17, 15) is 10.0 Å². The Bertz CT molecular complexity index is 305. The molecule has 0 aliphatic heterocycles. The lowest BCUT2D eigenvalue weighted by Crippen LogP contribution is -2.35. The number of nitrogens with zero attached hydrogens (tertiary/aromatic N) is 2. The third-order valence-corrected chi connectivity index (χ3v) is 1.42. The van der Waals surface area contributed by atoms with Crippen molar-refractivity contribution in [1.82, 2.24) is 5.16 Å². The zero-order valence-electron chi connectivity index (χ0n) is 6.77. The average Bonchev–Trinajstić information content (AvgIpc) is 2.30. The largest absolute Gasteiger partial charge is 0.362 e. The molecule has 0 aliphatic carbocycles. The zero-order chi connectivity index (χ0) is 9.30. The number of carbonyl (C=O) groups excluding carboxylic acids is 1. The van der Waals surface area contributed by atoms with Crippen LogP contribution in [0, 0.1) is 5.21 Å². The summed E-state index contributed by atoms with van der Waals surface area (Å²) in [5.41, 5.74) is 5.01. The van der Waals surface area contributed by atoms with Gasteiger partial charge in [-0.25, -0.2) is 0 Å². The first-order valence-corrected chi connectivity index (χ1v) is 3.43. The number of primary amides is 1. The van der Waals surface area contributed by atoms with Crippen LogP contribution in [0.4, 0.5) is 0 Å². The molecule has 6 heteroatoms. The van der Waals surface area contributed by atoms with E-state index in [0.717, 1.165) is 0 Å². The van der Waals surface area contributed by atoms with Crippen molar-refractivity contribution in [1.29, 1.82) is 0 Å². The van der Waals surface area contributed by atoms with Crippen molar-refractivity contribution in [3.05, 3.63) is 16.6 Å². The lowest BCUT2D eigenvalue weighted by Gasteiger charge is -1.94. The minimum absolute atomic E-state index is 0.0255. The second kappa shape index (κ2) is 2.80. The molecular weight excluding hydrogens is 162 g/mol. The average molecular weight is 171 g/mol. The predicted molar refractivity (Wildman–Crippen MR) is 38.1 cm³/mol. The molecular formula is C6H9N3O3. The van der Waals surface area contributed by atoms with Gasteiger partial charge >= 0.3 is 0 Å². The summed E-state index contributed by atoms with van der Waals surface area (Å²) >= 11 is 0. The summed E-state index contributed by atoms with van der Waals surface area (Å²) < 4.78 is 4.23. The standard InChI is InChI=1S/C6H9N3O3/c1-3(2)4-5(6(7)10)9(11)12-8-4/h3H,1-2H3,(H2,7,10). The van der Waals surface area contributed by atoms with Crippen LogP contribution in [-0.4, -0.2) is 11.1 Å². The number of carbonyl (C=O) groups is 1. The summed E-state index contributed by atoms with van der Waals surface area (Å²) in [5.74, 6) is -0.888. The van der Waals surface area contributed by atoms with Gasteiger partial charge in [0.2, 0.25) is 5.69 Å². The minimum atomic E-state index is -0.824. The monoisotopic (exact) mass is 171 g/mol. The van der Waals surface area contributed by atoms with Gasteiger partial charge in [0.25, 0.3) is 11.6 Å². The van der Waals surface area contributed by atoms with E-state index in [1.807, 2.05) is 0 Å². The Kier molecular flexibility index (Phi) is 1.99. The molecule has 0 unspecified atom stereocenters. The normalized spacial score (nSPS) is 10.6. The van der Waals surface area contributed by atoms with E-state index in [1.165, 1.54) is 0 Å². The molecule has 1 rings (SSSR count). The van der Waals surface area contributed by atoms with Gasteiger partial charge in [0.15, 0.2) is 0 Å². The van der Waals surface area contributed by atoms with E-state index in [4.69, 9.17) is 5.73 Å². The Morgan fingerprint density at radius 3 is 2.67 bits per heavy atom. The first kappa shape index (κ1) is 8.51. The molecule has 0 aromatic carbocycles. The summed E-state index contributed by atoms with van der Waals surface area (Å²) in [7, 11) is 0. The Balaban J connectivity index is 3.21. The van der Waals surface area contributed by atoms with Crippen molar-refractivity contribution in [3.63, 3.8) is 0 Å². The summed E-state index contributed by atoms with van der Waals surface area (Å²) in [5, 5.41) is 14.2. The van der Waals surface area contributed by atoms with Gasteiger partial charge in [-0.05, 0) is 4.90 Å². The summed E-state index contributed by atoms with van der Waals surface area (Å²) in [4.78, 5) is 10.7. The van der Waals surface area contributed by atoms with Gasteiger partial charge in [-0.1, -0.05) is 13.8 Å². The minimum Gasteiger partial charge on any atom is -0.362 e. The van der Waals surface area contributed by atoms with E-state index in [0.29, 0.717) is 0 Å². The van der Waals surface area contributed by atoms with Crippen LogP contribution in [-0.2, 0) is 0 Å². The lowest BCUT2D eigenvalue weighted by atomic mass is 10.1. The van der Waals surface area contributed by atoms with Crippen LogP contribution in [0.5, 0.6) is 0 Å². The summed E-state index contributed by atoms with van der Waals surface area (Å²) in [6, 6.07) is 0. The van der Waals surface area contributed by atoms with Crippen molar-refractivity contribution in [2.45, 2.75) is 19.8 Å².